The number of ether oxygens (including phenoxy) is 2. The molecular formula is C22H29BrClN3O3. The molecule has 8 heteroatoms. The zero-order chi connectivity index (χ0) is 19.7. The third kappa shape index (κ3) is 4.59. The molecule has 2 aliphatic heterocycles. The highest BCUT2D eigenvalue weighted by molar-refractivity contribution is 8.93. The van der Waals surface area contributed by atoms with Crippen molar-refractivity contribution in [3.05, 3.63) is 59.9 Å². The largest absolute Gasteiger partial charge is 0.497 e. The number of aliphatic hydroxyl groups is 1. The van der Waals surface area contributed by atoms with E-state index in [2.05, 4.69) is 29.1 Å². The molecule has 0 unspecified atom stereocenters. The first-order chi connectivity index (χ1) is 13.5. The Balaban J connectivity index is 0.000000307. The molecule has 30 heavy (non-hydrogen) atoms. The molecule has 2 aromatic rings. The number of halogens is 2. The van der Waals surface area contributed by atoms with Crippen molar-refractivity contribution in [2.24, 2.45) is 0 Å². The molecule has 3 atom stereocenters. The number of nitrogen functional groups attached to an aromatic ring is 1. The summed E-state index contributed by atoms with van der Waals surface area (Å²) in [5, 5.41) is 9.95. The molecule has 1 aliphatic carbocycles. The molecule has 3 heterocycles. The first-order valence-electron chi connectivity index (χ1n) is 9.61. The van der Waals surface area contributed by atoms with Crippen molar-refractivity contribution in [2.75, 3.05) is 26.4 Å². The van der Waals surface area contributed by atoms with Crippen LogP contribution in [-0.4, -0.2) is 47.9 Å². The van der Waals surface area contributed by atoms with Gasteiger partial charge in [-0.15, -0.1) is 29.4 Å². The van der Waals surface area contributed by atoms with Gasteiger partial charge in [-0.05, 0) is 43.8 Å². The van der Waals surface area contributed by atoms with Crippen LogP contribution in [0.3, 0.4) is 0 Å². The van der Waals surface area contributed by atoms with Gasteiger partial charge in [0.2, 0.25) is 0 Å². The summed E-state index contributed by atoms with van der Waals surface area (Å²) in [6.45, 7) is 1.94. The first-order valence-corrected chi connectivity index (χ1v) is 9.61. The van der Waals surface area contributed by atoms with Crippen LogP contribution in [0.5, 0.6) is 11.5 Å². The van der Waals surface area contributed by atoms with Crippen LogP contribution in [0.4, 0.5) is 5.69 Å². The van der Waals surface area contributed by atoms with Gasteiger partial charge in [-0.3, -0.25) is 4.98 Å². The number of aliphatic hydroxyl groups excluding tert-OH is 1. The summed E-state index contributed by atoms with van der Waals surface area (Å²) < 4.78 is 11.6. The molecule has 3 N–H and O–H groups in total. The summed E-state index contributed by atoms with van der Waals surface area (Å²) >= 11 is 0. The van der Waals surface area contributed by atoms with E-state index in [9.17, 15) is 5.11 Å². The van der Waals surface area contributed by atoms with Gasteiger partial charge in [0, 0.05) is 42.7 Å². The van der Waals surface area contributed by atoms with Crippen molar-refractivity contribution in [1.82, 2.24) is 9.88 Å². The van der Waals surface area contributed by atoms with E-state index in [0.717, 1.165) is 36.7 Å². The average molecular weight is 499 g/mol. The van der Waals surface area contributed by atoms with Gasteiger partial charge in [0.25, 0.3) is 0 Å². The Kier molecular flexibility index (Phi) is 8.16. The van der Waals surface area contributed by atoms with E-state index in [4.69, 9.17) is 15.2 Å². The highest BCUT2D eigenvalue weighted by Crippen LogP contribution is 2.53. The quantitative estimate of drug-likeness (QED) is 0.586. The Hall–Kier alpha value is -1.80. The topological polar surface area (TPSA) is 80.8 Å². The number of hydrogen-bond acceptors (Lipinski definition) is 6. The number of hydrogen-bond donors (Lipinski definition) is 2. The molecule has 3 aliphatic rings. The normalized spacial score (nSPS) is 25.7. The van der Waals surface area contributed by atoms with Gasteiger partial charge in [-0.25, -0.2) is 0 Å². The molecule has 1 aromatic heterocycles. The van der Waals surface area contributed by atoms with E-state index >= 15 is 0 Å². The van der Waals surface area contributed by atoms with E-state index < -0.39 is 6.10 Å². The number of pyridine rings is 1. The van der Waals surface area contributed by atoms with Gasteiger partial charge < -0.3 is 25.2 Å². The van der Waals surface area contributed by atoms with Crippen molar-refractivity contribution >= 4 is 35.1 Å². The fourth-order valence-corrected chi connectivity index (χ4v) is 4.44. The monoisotopic (exact) mass is 497 g/mol. The number of nitrogens with two attached hydrogens (primary N) is 1. The minimum absolute atomic E-state index is 0. The van der Waals surface area contributed by atoms with Crippen LogP contribution >= 0.6 is 29.4 Å². The minimum atomic E-state index is -0.402. The fourth-order valence-electron chi connectivity index (χ4n) is 4.44. The van der Waals surface area contributed by atoms with Crippen molar-refractivity contribution in [3.63, 3.8) is 0 Å². The average Bonchev–Trinajstić information content (AvgIpc) is 2.92. The highest BCUT2D eigenvalue weighted by Gasteiger charge is 2.51. The van der Waals surface area contributed by atoms with Crippen LogP contribution < -0.4 is 15.2 Å². The van der Waals surface area contributed by atoms with Crippen LogP contribution in [0.1, 0.15) is 24.0 Å². The number of aromatic nitrogens is 1. The SMILES string of the molecule is Br.COc1cc2c3c(c1)O[C@H]1C[C@@H](O)C=C[C@@]31CCN(C)C2.Cl.Nc1ccncc1. The second-order valence-corrected chi connectivity index (χ2v) is 7.74. The van der Waals surface area contributed by atoms with Crippen LogP contribution in [0.25, 0.3) is 0 Å². The molecule has 0 radical (unpaired) electrons. The summed E-state index contributed by atoms with van der Waals surface area (Å²) in [7, 11) is 3.84. The lowest BCUT2D eigenvalue weighted by Gasteiger charge is -2.35. The lowest BCUT2D eigenvalue weighted by Crippen LogP contribution is -2.42. The molecule has 0 fully saturated rings. The van der Waals surface area contributed by atoms with Crippen molar-refractivity contribution in [1.29, 1.82) is 0 Å². The zero-order valence-corrected chi connectivity index (χ0v) is 19.7. The molecular weight excluding hydrogens is 470 g/mol. The number of rotatable bonds is 1. The predicted octanol–water partition coefficient (Wildman–Crippen LogP) is 3.51. The van der Waals surface area contributed by atoms with E-state index in [1.807, 2.05) is 12.1 Å². The van der Waals surface area contributed by atoms with Gasteiger partial charge in [-0.1, -0.05) is 12.2 Å². The van der Waals surface area contributed by atoms with Gasteiger partial charge in [-0.2, -0.15) is 0 Å². The number of nitrogens with zero attached hydrogens (tertiary/aromatic N) is 2. The van der Waals surface area contributed by atoms with Gasteiger partial charge in [0.15, 0.2) is 0 Å². The maximum atomic E-state index is 9.95. The summed E-state index contributed by atoms with van der Waals surface area (Å²) in [5.41, 5.74) is 8.59. The maximum absolute atomic E-state index is 9.95. The van der Waals surface area contributed by atoms with Crippen LogP contribution in [-0.2, 0) is 12.0 Å². The predicted molar refractivity (Wildman–Crippen MR) is 126 cm³/mol. The number of anilines is 1. The Morgan fingerprint density at radius 2 is 2.03 bits per heavy atom. The number of benzene rings is 1. The molecule has 1 spiro atoms. The van der Waals surface area contributed by atoms with E-state index in [-0.39, 0.29) is 40.9 Å². The Morgan fingerprint density at radius 3 is 2.67 bits per heavy atom. The Labute approximate surface area is 194 Å². The Morgan fingerprint density at radius 1 is 1.30 bits per heavy atom. The van der Waals surface area contributed by atoms with Crippen molar-refractivity contribution in [2.45, 2.75) is 37.0 Å². The lowest BCUT2D eigenvalue weighted by atomic mass is 9.69. The molecule has 0 saturated heterocycles. The second-order valence-electron chi connectivity index (χ2n) is 7.74. The van der Waals surface area contributed by atoms with E-state index in [0.29, 0.717) is 6.42 Å². The summed E-state index contributed by atoms with van der Waals surface area (Å²) in [6.07, 6.45) is 8.78. The first kappa shape index (κ1) is 24.5. The molecule has 164 valence electrons. The number of methoxy groups -OCH3 is 1. The summed E-state index contributed by atoms with van der Waals surface area (Å²) in [6, 6.07) is 7.62. The standard InChI is InChI=1S/C17H21NO3.C5H6N2.BrH.ClH/c1-18-6-5-17-4-3-12(19)8-15(17)21-14-9-13(20-2)7-11(10-18)16(14)17;6-5-1-3-7-4-2-5;;/h3-4,7,9,12,15,19H,5-6,8,10H2,1-2H3;1-4H,(H2,6,7);2*1H/t12-,15-,17-;;;/m0.../s1. The highest BCUT2D eigenvalue weighted by atomic mass is 79.9. The fraction of sp³-hybridized carbons (Fsp3) is 0.409. The van der Waals surface area contributed by atoms with Crippen LogP contribution in [0, 0.1) is 0 Å². The van der Waals surface area contributed by atoms with Gasteiger partial charge in [0.1, 0.15) is 17.6 Å². The van der Waals surface area contributed by atoms with Gasteiger partial charge in [0.05, 0.1) is 18.6 Å². The molecule has 0 amide bonds. The Bertz CT molecular complexity index is 883. The summed E-state index contributed by atoms with van der Waals surface area (Å²) in [4.78, 5) is 6.11. The zero-order valence-electron chi connectivity index (χ0n) is 17.2. The van der Waals surface area contributed by atoms with E-state index in [1.54, 1.807) is 31.6 Å². The van der Waals surface area contributed by atoms with Crippen LogP contribution in [0.15, 0.2) is 48.8 Å². The second kappa shape index (κ2) is 10.0. The maximum Gasteiger partial charge on any atom is 0.128 e. The van der Waals surface area contributed by atoms with Gasteiger partial charge >= 0.3 is 0 Å². The van der Waals surface area contributed by atoms with Crippen molar-refractivity contribution < 1.29 is 14.6 Å². The van der Waals surface area contributed by atoms with Crippen molar-refractivity contribution in [3.8, 4) is 11.5 Å². The molecule has 0 saturated carbocycles. The third-order valence-corrected chi connectivity index (χ3v) is 5.83. The smallest absolute Gasteiger partial charge is 0.128 e. The van der Waals surface area contributed by atoms with E-state index in [1.165, 1.54) is 11.1 Å². The van der Waals surface area contributed by atoms with Crippen LogP contribution in [0.2, 0.25) is 0 Å². The molecule has 1 aromatic carbocycles. The summed E-state index contributed by atoms with van der Waals surface area (Å²) in [5.74, 6) is 1.78. The third-order valence-electron chi connectivity index (χ3n) is 5.83. The molecule has 6 nitrogen and oxygen atoms in total. The molecule has 5 rings (SSSR count). The molecule has 0 bridgehead atoms. The lowest BCUT2D eigenvalue weighted by molar-refractivity contribution is 0.0835. The minimum Gasteiger partial charge on any atom is -0.497 e.